The Bertz CT molecular complexity index is 316. The van der Waals surface area contributed by atoms with Crippen molar-refractivity contribution in [2.24, 2.45) is 5.84 Å². The Morgan fingerprint density at radius 3 is 2.79 bits per heavy atom. The zero-order valence-electron chi connectivity index (χ0n) is 7.83. The van der Waals surface area contributed by atoms with Crippen LogP contribution in [0.15, 0.2) is 0 Å². The van der Waals surface area contributed by atoms with Gasteiger partial charge in [-0.25, -0.2) is 15.6 Å². The summed E-state index contributed by atoms with van der Waals surface area (Å²) in [4.78, 5) is 15.8. The highest BCUT2D eigenvalue weighted by molar-refractivity contribution is 7.17. The third-order valence-corrected chi connectivity index (χ3v) is 2.45. The highest BCUT2D eigenvalue weighted by Crippen LogP contribution is 2.22. The molecular formula is C7H11ClN3O2S-. The minimum Gasteiger partial charge on any atom is -1.00 e. The molecule has 1 aromatic heterocycles. The van der Waals surface area contributed by atoms with E-state index in [1.54, 1.807) is 13.8 Å². The molecule has 0 aliphatic rings. The zero-order valence-corrected chi connectivity index (χ0v) is 9.41. The van der Waals surface area contributed by atoms with Crippen molar-refractivity contribution in [2.75, 3.05) is 12.0 Å². The van der Waals surface area contributed by atoms with Gasteiger partial charge in [0, 0.05) is 0 Å². The van der Waals surface area contributed by atoms with Crippen LogP contribution >= 0.6 is 11.3 Å². The van der Waals surface area contributed by atoms with Gasteiger partial charge in [0.15, 0.2) is 5.13 Å². The first-order chi connectivity index (χ1) is 6.19. The molecule has 1 heterocycles. The van der Waals surface area contributed by atoms with E-state index in [-0.39, 0.29) is 18.4 Å². The molecule has 0 aromatic carbocycles. The summed E-state index contributed by atoms with van der Waals surface area (Å²) < 4.78 is 4.83. The molecule has 1 rings (SSSR count). The number of carbonyl (C=O) groups is 1. The smallest absolute Gasteiger partial charge is 0.350 e. The Morgan fingerprint density at radius 2 is 2.36 bits per heavy atom. The van der Waals surface area contributed by atoms with Crippen molar-refractivity contribution >= 4 is 22.4 Å². The molecule has 5 nitrogen and oxygen atoms in total. The van der Waals surface area contributed by atoms with E-state index in [2.05, 4.69) is 10.4 Å². The summed E-state index contributed by atoms with van der Waals surface area (Å²) in [6.07, 6.45) is 0. The van der Waals surface area contributed by atoms with Gasteiger partial charge in [0.25, 0.3) is 0 Å². The monoisotopic (exact) mass is 236 g/mol. The van der Waals surface area contributed by atoms with Gasteiger partial charge < -0.3 is 17.1 Å². The number of nitrogens with one attached hydrogen (secondary N) is 1. The number of hydrogen-bond acceptors (Lipinski definition) is 6. The lowest BCUT2D eigenvalue weighted by Crippen LogP contribution is -3.00. The molecule has 0 radical (unpaired) electrons. The number of rotatable bonds is 3. The lowest BCUT2D eigenvalue weighted by molar-refractivity contribution is -0.0000213. The van der Waals surface area contributed by atoms with Gasteiger partial charge in [-0.1, -0.05) is 11.3 Å². The third kappa shape index (κ3) is 2.83. The maximum atomic E-state index is 11.3. The van der Waals surface area contributed by atoms with Crippen LogP contribution in [0, 0.1) is 6.92 Å². The van der Waals surface area contributed by atoms with Crippen molar-refractivity contribution < 1.29 is 21.9 Å². The van der Waals surface area contributed by atoms with E-state index in [9.17, 15) is 4.79 Å². The average molecular weight is 237 g/mol. The van der Waals surface area contributed by atoms with Crippen LogP contribution in [-0.4, -0.2) is 17.6 Å². The van der Waals surface area contributed by atoms with Gasteiger partial charge in [-0.15, -0.1) is 0 Å². The molecule has 0 bridgehead atoms. The summed E-state index contributed by atoms with van der Waals surface area (Å²) in [7, 11) is 0. The first-order valence-corrected chi connectivity index (χ1v) is 4.61. The van der Waals surface area contributed by atoms with Gasteiger partial charge in [0.05, 0.1) is 12.3 Å². The van der Waals surface area contributed by atoms with Crippen LogP contribution in [0.4, 0.5) is 5.13 Å². The van der Waals surface area contributed by atoms with Gasteiger partial charge >= 0.3 is 5.97 Å². The molecule has 7 heteroatoms. The molecule has 0 unspecified atom stereocenters. The van der Waals surface area contributed by atoms with Gasteiger partial charge in [-0.3, -0.25) is 5.43 Å². The molecule has 1 aromatic rings. The molecule has 0 saturated carbocycles. The number of hydrazine groups is 1. The zero-order chi connectivity index (χ0) is 9.84. The molecule has 0 saturated heterocycles. The molecule has 3 N–H and O–H groups in total. The van der Waals surface area contributed by atoms with Crippen molar-refractivity contribution in [1.82, 2.24) is 4.98 Å². The molecule has 80 valence electrons. The number of halogens is 1. The second-order valence-corrected chi connectivity index (χ2v) is 3.30. The van der Waals surface area contributed by atoms with Gasteiger partial charge in [0.1, 0.15) is 4.88 Å². The number of aryl methyl sites for hydroxylation is 1. The van der Waals surface area contributed by atoms with Crippen molar-refractivity contribution in [3.8, 4) is 0 Å². The number of aromatic nitrogens is 1. The summed E-state index contributed by atoms with van der Waals surface area (Å²) in [5, 5.41) is 0.514. The number of anilines is 1. The van der Waals surface area contributed by atoms with Crippen LogP contribution in [-0.2, 0) is 4.74 Å². The number of thiazole rings is 1. The second kappa shape index (κ2) is 5.79. The number of nitrogens with zero attached hydrogens (tertiary/aromatic N) is 1. The molecule has 0 fully saturated rings. The summed E-state index contributed by atoms with van der Waals surface area (Å²) in [5.41, 5.74) is 3.02. The fourth-order valence-corrected chi connectivity index (χ4v) is 1.61. The summed E-state index contributed by atoms with van der Waals surface area (Å²) in [5.74, 6) is 4.80. The normalized spacial score (nSPS) is 9.07. The molecule has 0 aliphatic heterocycles. The molecule has 0 spiro atoms. The SMILES string of the molecule is CCOC(=O)c1sc(NN)nc1C.[Cl-]. The maximum absolute atomic E-state index is 11.3. The molecule has 0 atom stereocenters. The standard InChI is InChI=1S/C7H11N3O2S.ClH/c1-3-12-6(11)5-4(2)9-7(10-8)13-5;/h3,8H2,1-2H3,(H,9,10);1H/p-1. The number of hydrogen-bond donors (Lipinski definition) is 2. The highest BCUT2D eigenvalue weighted by atomic mass is 35.5. The third-order valence-electron chi connectivity index (χ3n) is 1.38. The molecule has 14 heavy (non-hydrogen) atoms. The predicted octanol–water partition coefficient (Wildman–Crippen LogP) is -2.08. The number of nitrogen functional groups attached to an aromatic ring is 1. The Morgan fingerprint density at radius 1 is 1.71 bits per heavy atom. The van der Waals surface area contributed by atoms with Crippen LogP contribution in [0.2, 0.25) is 0 Å². The Balaban J connectivity index is 0.00000169. The van der Waals surface area contributed by atoms with Gasteiger partial charge in [-0.05, 0) is 13.8 Å². The first-order valence-electron chi connectivity index (χ1n) is 3.80. The predicted molar refractivity (Wildman–Crippen MR) is 50.6 cm³/mol. The van der Waals surface area contributed by atoms with Gasteiger partial charge in [0.2, 0.25) is 0 Å². The first kappa shape index (κ1) is 13.2. The van der Waals surface area contributed by atoms with Crippen molar-refractivity contribution in [2.45, 2.75) is 13.8 Å². The fraction of sp³-hybridized carbons (Fsp3) is 0.429. The number of nitrogens with two attached hydrogens (primary N) is 1. The minimum absolute atomic E-state index is 0. The Labute approximate surface area is 92.0 Å². The fourth-order valence-electron chi connectivity index (χ4n) is 0.844. The summed E-state index contributed by atoms with van der Waals surface area (Å²) in [6, 6.07) is 0. The van der Waals surface area contributed by atoms with E-state index in [1.165, 1.54) is 11.3 Å². The van der Waals surface area contributed by atoms with Crippen molar-refractivity contribution in [3.05, 3.63) is 10.6 Å². The maximum Gasteiger partial charge on any atom is 0.350 e. The second-order valence-electron chi connectivity index (χ2n) is 2.30. The van der Waals surface area contributed by atoms with E-state index in [1.807, 2.05) is 0 Å². The van der Waals surface area contributed by atoms with E-state index < -0.39 is 0 Å². The molecule has 0 amide bonds. The highest BCUT2D eigenvalue weighted by Gasteiger charge is 2.15. The number of carbonyl (C=O) groups excluding carboxylic acids is 1. The minimum atomic E-state index is -0.348. The Hall–Kier alpha value is -0.850. The largest absolute Gasteiger partial charge is 1.00 e. The number of ether oxygens (including phenoxy) is 1. The summed E-state index contributed by atoms with van der Waals surface area (Å²) >= 11 is 1.19. The average Bonchev–Trinajstić information content (AvgIpc) is 2.47. The van der Waals surface area contributed by atoms with Crippen LogP contribution in [0.5, 0.6) is 0 Å². The quantitative estimate of drug-likeness (QED) is 0.358. The summed E-state index contributed by atoms with van der Waals surface area (Å²) in [6.45, 7) is 3.86. The lowest BCUT2D eigenvalue weighted by atomic mass is 10.4. The van der Waals surface area contributed by atoms with E-state index in [0.29, 0.717) is 22.3 Å². The topological polar surface area (TPSA) is 77.2 Å². The van der Waals surface area contributed by atoms with Crippen LogP contribution in [0.3, 0.4) is 0 Å². The van der Waals surface area contributed by atoms with E-state index in [0.717, 1.165) is 0 Å². The van der Waals surface area contributed by atoms with Crippen LogP contribution < -0.4 is 23.7 Å². The van der Waals surface area contributed by atoms with Crippen LogP contribution in [0.25, 0.3) is 0 Å². The van der Waals surface area contributed by atoms with Crippen molar-refractivity contribution in [3.63, 3.8) is 0 Å². The number of esters is 1. The van der Waals surface area contributed by atoms with E-state index in [4.69, 9.17) is 10.6 Å². The van der Waals surface area contributed by atoms with Crippen LogP contribution in [0.1, 0.15) is 22.3 Å². The van der Waals surface area contributed by atoms with Crippen molar-refractivity contribution in [1.29, 1.82) is 0 Å². The Kier molecular flexibility index (Phi) is 5.44. The molecule has 0 aliphatic carbocycles. The molecular weight excluding hydrogens is 226 g/mol. The lowest BCUT2D eigenvalue weighted by Gasteiger charge is -1.97. The van der Waals surface area contributed by atoms with E-state index >= 15 is 0 Å². The van der Waals surface area contributed by atoms with Gasteiger partial charge in [-0.2, -0.15) is 0 Å².